The number of rotatable bonds is 5. The maximum Gasteiger partial charge on any atom is 0.310 e. The van der Waals surface area contributed by atoms with Crippen LogP contribution in [-0.4, -0.2) is 21.2 Å². The lowest BCUT2D eigenvalue weighted by molar-refractivity contribution is -0.139. The van der Waals surface area contributed by atoms with Gasteiger partial charge in [-0.15, -0.1) is 5.54 Å². The summed E-state index contributed by atoms with van der Waals surface area (Å²) in [6.07, 6.45) is 0.291. The first-order valence-electron chi connectivity index (χ1n) is 7.69. The van der Waals surface area contributed by atoms with Gasteiger partial charge in [0.25, 0.3) is 0 Å². The van der Waals surface area contributed by atoms with E-state index in [4.69, 9.17) is 4.74 Å². The first-order chi connectivity index (χ1) is 10.00. The van der Waals surface area contributed by atoms with E-state index < -0.39 is 8.07 Å². The molecule has 0 bridgehead atoms. The molecule has 0 N–H and O–H groups in total. The molecule has 2 nitrogen and oxygen atoms in total. The number of ether oxygens (including phenoxy) is 1. The number of hydrogen-bond donors (Lipinski definition) is 0. The zero-order valence-electron chi connectivity index (χ0n) is 13.9. The molecule has 0 saturated carbocycles. The zero-order valence-corrected chi connectivity index (χ0v) is 14.9. The quantitative estimate of drug-likeness (QED) is 0.465. The van der Waals surface area contributed by atoms with Crippen LogP contribution in [0, 0.1) is 18.4 Å². The van der Waals surface area contributed by atoms with Gasteiger partial charge in [-0.25, -0.2) is 0 Å². The van der Waals surface area contributed by atoms with Crippen LogP contribution in [0.2, 0.25) is 18.1 Å². The minimum atomic E-state index is -1.47. The maximum atomic E-state index is 11.5. The molecule has 21 heavy (non-hydrogen) atoms. The van der Waals surface area contributed by atoms with Gasteiger partial charge in [0, 0.05) is 5.56 Å². The first kappa shape index (κ1) is 17.5. The Morgan fingerprint density at radius 3 is 2.33 bits per heavy atom. The molecule has 0 spiro atoms. The van der Waals surface area contributed by atoms with E-state index in [2.05, 4.69) is 45.2 Å². The smallest absolute Gasteiger partial charge is 0.310 e. The summed E-state index contributed by atoms with van der Waals surface area (Å²) in [6.45, 7) is 8.80. The van der Waals surface area contributed by atoms with Crippen LogP contribution >= 0.6 is 0 Å². The number of benzene rings is 1. The second-order valence-electron chi connectivity index (χ2n) is 5.50. The molecular formula is C18H26O2Si. The van der Waals surface area contributed by atoms with Gasteiger partial charge in [-0.2, -0.15) is 0 Å². The molecule has 1 aromatic carbocycles. The van der Waals surface area contributed by atoms with Crippen molar-refractivity contribution in [2.75, 3.05) is 7.11 Å². The Morgan fingerprint density at radius 1 is 1.19 bits per heavy atom. The Balaban J connectivity index is 3.18. The number of carbonyl (C=O) groups excluding carboxylic acids is 1. The van der Waals surface area contributed by atoms with Crippen molar-refractivity contribution in [3.8, 4) is 11.5 Å². The summed E-state index contributed by atoms with van der Waals surface area (Å²) in [5.41, 5.74) is 6.71. The first-order valence-corrected chi connectivity index (χ1v) is 10.3. The summed E-state index contributed by atoms with van der Waals surface area (Å²) in [5, 5.41) is 0. The molecule has 0 unspecified atom stereocenters. The molecule has 3 heteroatoms. The molecule has 1 aromatic rings. The summed E-state index contributed by atoms with van der Waals surface area (Å²) in [5.74, 6) is 3.17. The largest absolute Gasteiger partial charge is 0.469 e. The van der Waals surface area contributed by atoms with Gasteiger partial charge in [0.05, 0.1) is 13.5 Å². The van der Waals surface area contributed by atoms with Gasteiger partial charge in [-0.3, -0.25) is 4.79 Å². The molecule has 0 aliphatic rings. The lowest BCUT2D eigenvalue weighted by Crippen LogP contribution is -2.29. The van der Waals surface area contributed by atoms with Crippen LogP contribution in [0.1, 0.15) is 37.5 Å². The molecule has 0 aliphatic carbocycles. The summed E-state index contributed by atoms with van der Waals surface area (Å²) < 4.78 is 4.77. The Bertz CT molecular complexity index is 540. The number of aryl methyl sites for hydroxylation is 1. The topological polar surface area (TPSA) is 26.3 Å². The van der Waals surface area contributed by atoms with Crippen molar-refractivity contribution in [1.29, 1.82) is 0 Å². The second kappa shape index (κ2) is 8.04. The van der Waals surface area contributed by atoms with Crippen molar-refractivity contribution in [2.24, 2.45) is 0 Å². The van der Waals surface area contributed by atoms with Gasteiger partial charge in [-0.1, -0.05) is 38.8 Å². The third kappa shape index (κ3) is 4.75. The number of carbonyl (C=O) groups is 1. The van der Waals surface area contributed by atoms with E-state index in [1.807, 2.05) is 12.1 Å². The monoisotopic (exact) mass is 302 g/mol. The summed E-state index contributed by atoms with van der Waals surface area (Å²) in [6, 6.07) is 9.64. The van der Waals surface area contributed by atoms with E-state index in [1.165, 1.54) is 30.8 Å². The summed E-state index contributed by atoms with van der Waals surface area (Å²) in [4.78, 5) is 11.5. The van der Waals surface area contributed by atoms with Crippen LogP contribution in [0.25, 0.3) is 0 Å². The highest BCUT2D eigenvalue weighted by Crippen LogP contribution is 2.20. The average Bonchev–Trinajstić information content (AvgIpc) is 2.51. The van der Waals surface area contributed by atoms with Gasteiger partial charge in [-0.05, 0) is 42.2 Å². The minimum absolute atomic E-state index is 0.216. The molecule has 1 rings (SSSR count). The average molecular weight is 302 g/mol. The van der Waals surface area contributed by atoms with Crippen LogP contribution in [0.3, 0.4) is 0 Å². The van der Waals surface area contributed by atoms with E-state index >= 15 is 0 Å². The molecule has 0 amide bonds. The second-order valence-corrected chi connectivity index (χ2v) is 10.4. The molecule has 0 fully saturated rings. The van der Waals surface area contributed by atoms with E-state index in [0.717, 1.165) is 11.1 Å². The standard InChI is InChI=1S/C18H26O2Si/c1-6-21(7-2,8-3)12-11-17-13-15(4)9-10-16(17)14-18(19)20-5/h9-10,13H,6-8,14H2,1-5H3. The Hall–Kier alpha value is -1.53. The fourth-order valence-corrected chi connectivity index (χ4v) is 4.83. The SMILES string of the molecule is CC[Si](C#Cc1cc(C)ccc1CC(=O)OC)(CC)CC. The molecule has 0 heterocycles. The number of hydrogen-bond acceptors (Lipinski definition) is 2. The van der Waals surface area contributed by atoms with Crippen molar-refractivity contribution in [3.63, 3.8) is 0 Å². The van der Waals surface area contributed by atoms with E-state index in [0.29, 0.717) is 6.42 Å². The van der Waals surface area contributed by atoms with Gasteiger partial charge < -0.3 is 4.74 Å². The lowest BCUT2D eigenvalue weighted by atomic mass is 10.0. The Morgan fingerprint density at radius 2 is 1.81 bits per heavy atom. The predicted molar refractivity (Wildman–Crippen MR) is 91.0 cm³/mol. The van der Waals surface area contributed by atoms with Crippen LogP contribution < -0.4 is 0 Å². The Kier molecular flexibility index (Phi) is 6.71. The molecule has 114 valence electrons. The summed E-state index contributed by atoms with van der Waals surface area (Å²) in [7, 11) is -0.0444. The van der Waals surface area contributed by atoms with Crippen molar-refractivity contribution in [1.82, 2.24) is 0 Å². The van der Waals surface area contributed by atoms with Crippen molar-refractivity contribution < 1.29 is 9.53 Å². The van der Waals surface area contributed by atoms with Crippen LogP contribution in [0.15, 0.2) is 18.2 Å². The molecule has 0 aromatic heterocycles. The highest BCUT2D eigenvalue weighted by Gasteiger charge is 2.24. The van der Waals surface area contributed by atoms with Crippen LogP contribution in [-0.2, 0) is 16.0 Å². The van der Waals surface area contributed by atoms with Crippen molar-refractivity contribution >= 4 is 14.0 Å². The molecule has 0 aliphatic heterocycles. The maximum absolute atomic E-state index is 11.5. The predicted octanol–water partition coefficient (Wildman–Crippen LogP) is 4.11. The lowest BCUT2D eigenvalue weighted by Gasteiger charge is -2.20. The highest BCUT2D eigenvalue weighted by molar-refractivity contribution is 6.87. The third-order valence-corrected chi connectivity index (χ3v) is 9.04. The highest BCUT2D eigenvalue weighted by atomic mass is 28.3. The number of methoxy groups -OCH3 is 1. The fraction of sp³-hybridized carbons (Fsp3) is 0.500. The molecule has 0 saturated heterocycles. The van der Waals surface area contributed by atoms with Crippen molar-refractivity contribution in [2.45, 2.75) is 52.2 Å². The Labute approximate surface area is 129 Å². The van der Waals surface area contributed by atoms with Crippen LogP contribution in [0.5, 0.6) is 0 Å². The molecular weight excluding hydrogens is 276 g/mol. The zero-order chi connectivity index (χ0) is 15.9. The normalized spacial score (nSPS) is 10.7. The van der Waals surface area contributed by atoms with Gasteiger partial charge in [0.15, 0.2) is 0 Å². The third-order valence-electron chi connectivity index (χ3n) is 4.32. The minimum Gasteiger partial charge on any atom is -0.469 e. The molecule has 0 radical (unpaired) electrons. The fourth-order valence-electron chi connectivity index (χ4n) is 2.40. The van der Waals surface area contributed by atoms with Gasteiger partial charge >= 0.3 is 5.97 Å². The summed E-state index contributed by atoms with van der Waals surface area (Å²) >= 11 is 0. The van der Waals surface area contributed by atoms with Crippen molar-refractivity contribution in [3.05, 3.63) is 34.9 Å². The number of esters is 1. The van der Waals surface area contributed by atoms with E-state index in [1.54, 1.807) is 0 Å². The van der Waals surface area contributed by atoms with Gasteiger partial charge in [0.2, 0.25) is 0 Å². The molecule has 0 atom stereocenters. The van der Waals surface area contributed by atoms with E-state index in [9.17, 15) is 4.79 Å². The van der Waals surface area contributed by atoms with Gasteiger partial charge in [0.1, 0.15) is 8.07 Å². The van der Waals surface area contributed by atoms with Crippen LogP contribution in [0.4, 0.5) is 0 Å². The van der Waals surface area contributed by atoms with E-state index in [-0.39, 0.29) is 5.97 Å².